The normalized spacial score (nSPS) is 13.4. The molecule has 0 saturated carbocycles. The van der Waals surface area contributed by atoms with Crippen LogP contribution in [0.25, 0.3) is 0 Å². The number of nitrogens with one attached hydrogen (secondary N) is 1. The van der Waals surface area contributed by atoms with Crippen molar-refractivity contribution >= 4 is 28.1 Å². The summed E-state index contributed by atoms with van der Waals surface area (Å²) in [4.78, 5) is 19.2. The van der Waals surface area contributed by atoms with E-state index in [0.29, 0.717) is 12.2 Å². The molecule has 0 unspecified atom stereocenters. The summed E-state index contributed by atoms with van der Waals surface area (Å²) in [6, 6.07) is 16.4. The fraction of sp³-hybridized carbons (Fsp3) is 0.200. The number of hydrogen-bond acceptors (Lipinski definition) is 4. The Labute approximate surface area is 151 Å². The van der Waals surface area contributed by atoms with Gasteiger partial charge in [-0.1, -0.05) is 42.5 Å². The number of anilines is 2. The van der Waals surface area contributed by atoms with Gasteiger partial charge in [0.2, 0.25) is 0 Å². The SMILES string of the molecule is Cc1ccccc1Nc1nc(C(=O)N2CCc3ccccc3C2)cs1. The number of amides is 1. The second kappa shape index (κ2) is 6.69. The molecule has 3 aromatic rings. The van der Waals surface area contributed by atoms with Crippen molar-refractivity contribution in [3.8, 4) is 0 Å². The van der Waals surface area contributed by atoms with Crippen LogP contribution in [0.4, 0.5) is 10.8 Å². The van der Waals surface area contributed by atoms with Crippen LogP contribution in [0.5, 0.6) is 0 Å². The van der Waals surface area contributed by atoms with Crippen molar-refractivity contribution in [1.82, 2.24) is 9.88 Å². The molecule has 1 amide bonds. The predicted molar refractivity (Wildman–Crippen MR) is 101 cm³/mol. The molecule has 5 heteroatoms. The number of nitrogens with zero attached hydrogens (tertiary/aromatic N) is 2. The van der Waals surface area contributed by atoms with Gasteiger partial charge in [0.1, 0.15) is 5.69 Å². The van der Waals surface area contributed by atoms with Crippen molar-refractivity contribution in [1.29, 1.82) is 0 Å². The molecule has 4 rings (SSSR count). The van der Waals surface area contributed by atoms with Gasteiger partial charge in [0, 0.05) is 24.2 Å². The largest absolute Gasteiger partial charge is 0.333 e. The number of fused-ring (bicyclic) bond motifs is 1. The van der Waals surface area contributed by atoms with Crippen LogP contribution in [0.3, 0.4) is 0 Å². The lowest BCUT2D eigenvalue weighted by Crippen LogP contribution is -2.36. The molecule has 2 heterocycles. The van der Waals surface area contributed by atoms with Gasteiger partial charge in [-0.05, 0) is 36.1 Å². The maximum Gasteiger partial charge on any atom is 0.273 e. The van der Waals surface area contributed by atoms with E-state index < -0.39 is 0 Å². The Bertz CT molecular complexity index is 919. The standard InChI is InChI=1S/C20H19N3OS/c1-14-6-2-5-9-17(14)21-20-22-18(13-25-20)19(24)23-11-10-15-7-3-4-8-16(15)12-23/h2-9,13H,10-12H2,1H3,(H,21,22). The molecule has 0 aliphatic carbocycles. The highest BCUT2D eigenvalue weighted by molar-refractivity contribution is 7.14. The highest BCUT2D eigenvalue weighted by Gasteiger charge is 2.23. The van der Waals surface area contributed by atoms with E-state index in [4.69, 9.17) is 0 Å². The Balaban J connectivity index is 1.49. The number of aryl methyl sites for hydroxylation is 1. The van der Waals surface area contributed by atoms with Crippen LogP contribution in [-0.2, 0) is 13.0 Å². The number of para-hydroxylation sites is 1. The molecule has 1 aliphatic heterocycles. The lowest BCUT2D eigenvalue weighted by atomic mass is 10.00. The fourth-order valence-electron chi connectivity index (χ4n) is 3.09. The first-order valence-electron chi connectivity index (χ1n) is 8.35. The van der Waals surface area contributed by atoms with Crippen molar-refractivity contribution in [3.63, 3.8) is 0 Å². The maximum atomic E-state index is 12.8. The molecular formula is C20H19N3OS. The van der Waals surface area contributed by atoms with Crippen molar-refractivity contribution in [2.45, 2.75) is 19.9 Å². The highest BCUT2D eigenvalue weighted by atomic mass is 32.1. The summed E-state index contributed by atoms with van der Waals surface area (Å²) < 4.78 is 0. The summed E-state index contributed by atoms with van der Waals surface area (Å²) in [5.41, 5.74) is 5.25. The summed E-state index contributed by atoms with van der Waals surface area (Å²) in [7, 11) is 0. The summed E-state index contributed by atoms with van der Waals surface area (Å²) in [5.74, 6) is 0.00332. The molecule has 1 aromatic heterocycles. The van der Waals surface area contributed by atoms with E-state index in [1.807, 2.05) is 47.5 Å². The van der Waals surface area contributed by atoms with Gasteiger partial charge in [-0.2, -0.15) is 0 Å². The highest BCUT2D eigenvalue weighted by Crippen LogP contribution is 2.25. The van der Waals surface area contributed by atoms with Crippen LogP contribution in [0.2, 0.25) is 0 Å². The summed E-state index contributed by atoms with van der Waals surface area (Å²) in [6.45, 7) is 3.45. The van der Waals surface area contributed by atoms with Crippen molar-refractivity contribution in [2.75, 3.05) is 11.9 Å². The lowest BCUT2D eigenvalue weighted by Gasteiger charge is -2.28. The summed E-state index contributed by atoms with van der Waals surface area (Å²) in [5, 5.41) is 5.88. The van der Waals surface area contributed by atoms with Crippen LogP contribution >= 0.6 is 11.3 Å². The molecule has 126 valence electrons. The van der Waals surface area contributed by atoms with E-state index in [9.17, 15) is 4.79 Å². The fourth-order valence-corrected chi connectivity index (χ4v) is 3.79. The third-order valence-electron chi connectivity index (χ3n) is 4.53. The summed E-state index contributed by atoms with van der Waals surface area (Å²) in [6.07, 6.45) is 0.903. The Hall–Kier alpha value is -2.66. The molecular weight excluding hydrogens is 330 g/mol. The number of benzene rings is 2. The third-order valence-corrected chi connectivity index (χ3v) is 5.29. The number of carbonyl (C=O) groups excluding carboxylic acids is 1. The average molecular weight is 349 g/mol. The zero-order valence-corrected chi connectivity index (χ0v) is 14.8. The average Bonchev–Trinajstić information content (AvgIpc) is 3.11. The molecule has 0 bridgehead atoms. The molecule has 0 saturated heterocycles. The monoisotopic (exact) mass is 349 g/mol. The Morgan fingerprint density at radius 1 is 1.12 bits per heavy atom. The lowest BCUT2D eigenvalue weighted by molar-refractivity contribution is 0.0729. The zero-order chi connectivity index (χ0) is 17.2. The molecule has 4 nitrogen and oxygen atoms in total. The van der Waals surface area contributed by atoms with E-state index in [0.717, 1.165) is 29.3 Å². The molecule has 1 N–H and O–H groups in total. The van der Waals surface area contributed by atoms with Crippen LogP contribution < -0.4 is 5.32 Å². The number of hydrogen-bond donors (Lipinski definition) is 1. The van der Waals surface area contributed by atoms with Crippen molar-refractivity contribution in [2.24, 2.45) is 0 Å². The Morgan fingerprint density at radius 2 is 1.88 bits per heavy atom. The summed E-state index contributed by atoms with van der Waals surface area (Å²) >= 11 is 1.46. The van der Waals surface area contributed by atoms with Gasteiger partial charge in [0.15, 0.2) is 5.13 Å². The smallest absolute Gasteiger partial charge is 0.273 e. The molecule has 1 aliphatic rings. The van der Waals surface area contributed by atoms with Gasteiger partial charge in [0.25, 0.3) is 5.91 Å². The van der Waals surface area contributed by atoms with E-state index in [1.165, 1.54) is 22.5 Å². The first-order chi connectivity index (χ1) is 12.2. The maximum absolute atomic E-state index is 12.8. The van der Waals surface area contributed by atoms with Crippen LogP contribution in [0.15, 0.2) is 53.9 Å². The molecule has 0 fully saturated rings. The topological polar surface area (TPSA) is 45.2 Å². The number of thiazole rings is 1. The van der Waals surface area contributed by atoms with Crippen LogP contribution in [-0.4, -0.2) is 22.3 Å². The predicted octanol–water partition coefficient (Wildman–Crippen LogP) is 4.39. The van der Waals surface area contributed by atoms with Gasteiger partial charge >= 0.3 is 0 Å². The van der Waals surface area contributed by atoms with Crippen molar-refractivity contribution < 1.29 is 4.79 Å². The second-order valence-corrected chi connectivity index (χ2v) is 7.08. The van der Waals surface area contributed by atoms with Gasteiger partial charge in [-0.15, -0.1) is 11.3 Å². The van der Waals surface area contributed by atoms with Gasteiger partial charge in [-0.3, -0.25) is 4.79 Å². The first-order valence-corrected chi connectivity index (χ1v) is 9.23. The van der Waals surface area contributed by atoms with Crippen LogP contribution in [0, 0.1) is 6.92 Å². The minimum absolute atomic E-state index is 0.00332. The molecule has 0 atom stereocenters. The first kappa shape index (κ1) is 15.8. The minimum atomic E-state index is 0.00332. The second-order valence-electron chi connectivity index (χ2n) is 6.22. The van der Waals surface area contributed by atoms with Gasteiger partial charge in [-0.25, -0.2) is 4.98 Å². The Morgan fingerprint density at radius 3 is 2.72 bits per heavy atom. The van der Waals surface area contributed by atoms with E-state index >= 15 is 0 Å². The van der Waals surface area contributed by atoms with Crippen LogP contribution in [0.1, 0.15) is 27.2 Å². The quantitative estimate of drug-likeness (QED) is 0.762. The molecule has 25 heavy (non-hydrogen) atoms. The number of rotatable bonds is 3. The number of aromatic nitrogens is 1. The van der Waals surface area contributed by atoms with E-state index in [2.05, 4.69) is 28.5 Å². The molecule has 2 aromatic carbocycles. The van der Waals surface area contributed by atoms with E-state index in [1.54, 1.807) is 0 Å². The molecule has 0 spiro atoms. The van der Waals surface area contributed by atoms with E-state index in [-0.39, 0.29) is 5.91 Å². The van der Waals surface area contributed by atoms with Gasteiger partial charge in [0.05, 0.1) is 0 Å². The third kappa shape index (κ3) is 3.28. The minimum Gasteiger partial charge on any atom is -0.333 e. The van der Waals surface area contributed by atoms with Crippen molar-refractivity contribution in [3.05, 3.63) is 76.3 Å². The van der Waals surface area contributed by atoms with Gasteiger partial charge < -0.3 is 10.2 Å². The zero-order valence-electron chi connectivity index (χ0n) is 14.0. The Kier molecular flexibility index (Phi) is 4.24. The number of carbonyl (C=O) groups is 1. The molecule has 0 radical (unpaired) electrons.